The average Bonchev–Trinajstić information content (AvgIpc) is 2.43. The highest BCUT2D eigenvalue weighted by Gasteiger charge is 2.39. The second-order valence-electron chi connectivity index (χ2n) is 5.29. The maximum atomic E-state index is 13.8. The topological polar surface area (TPSA) is 29.5 Å². The predicted octanol–water partition coefficient (Wildman–Crippen LogP) is 3.84. The number of hydrogen-bond donors (Lipinski definition) is 1. The summed E-state index contributed by atoms with van der Waals surface area (Å²) >= 11 is 3.33. The van der Waals surface area contributed by atoms with Gasteiger partial charge in [-0.2, -0.15) is 0 Å². The first-order chi connectivity index (χ1) is 9.07. The summed E-state index contributed by atoms with van der Waals surface area (Å²) in [5.41, 5.74) is 0.0244. The van der Waals surface area contributed by atoms with Gasteiger partial charge in [0.2, 0.25) is 0 Å². The molecule has 0 saturated heterocycles. The molecule has 2 rings (SSSR count). The quantitative estimate of drug-likeness (QED) is 0.908. The van der Waals surface area contributed by atoms with Crippen LogP contribution in [0.25, 0.3) is 0 Å². The zero-order chi connectivity index (χ0) is 13.9. The van der Waals surface area contributed by atoms with Gasteiger partial charge in [-0.25, -0.2) is 4.39 Å². The van der Waals surface area contributed by atoms with Crippen LogP contribution in [0.1, 0.15) is 37.7 Å². The van der Waals surface area contributed by atoms with E-state index < -0.39 is 11.7 Å². The third-order valence-corrected chi connectivity index (χ3v) is 4.63. The monoisotopic (exact) mass is 330 g/mol. The molecule has 1 N–H and O–H groups in total. The van der Waals surface area contributed by atoms with Crippen molar-refractivity contribution in [2.75, 3.05) is 7.11 Å². The van der Waals surface area contributed by atoms with Crippen LogP contribution in [0.3, 0.4) is 0 Å². The lowest BCUT2D eigenvalue weighted by atomic mass is 9.78. The van der Waals surface area contributed by atoms with Gasteiger partial charge in [-0.05, 0) is 36.6 Å². The van der Waals surface area contributed by atoms with E-state index in [0.717, 1.165) is 30.2 Å². The van der Waals surface area contributed by atoms with Crippen LogP contribution in [0.15, 0.2) is 22.7 Å². The Morgan fingerprint density at radius 2 is 2.05 bits per heavy atom. The lowest BCUT2D eigenvalue weighted by Crippen LogP contribution is -2.47. The number of hydrogen-bond acceptors (Lipinski definition) is 2. The number of methoxy groups -OCH3 is 1. The molecule has 1 fully saturated rings. The van der Waals surface area contributed by atoms with Crippen molar-refractivity contribution in [3.8, 4) is 0 Å². The van der Waals surface area contributed by atoms with E-state index in [0.29, 0.717) is 12.0 Å². The molecule has 0 aromatic heterocycles. The molecule has 1 aromatic carbocycles. The molecule has 1 aromatic rings. The summed E-state index contributed by atoms with van der Waals surface area (Å²) in [6.07, 6.45) is 4.63. The summed E-state index contributed by atoms with van der Waals surface area (Å²) in [6, 6.07) is 4.81. The lowest BCUT2D eigenvalue weighted by molar-refractivity contribution is -0.122. The van der Waals surface area contributed by atoms with Crippen LogP contribution >= 0.6 is 15.9 Å². The molecular formula is C15H20BrFO2. The minimum Gasteiger partial charge on any atom is -0.390 e. The fraction of sp³-hybridized carbons (Fsp3) is 0.600. The third kappa shape index (κ3) is 3.36. The Hall–Kier alpha value is -0.450. The standard InChI is InChI=1S/C15H20BrFO2/c1-19-15(7-3-2-4-8-15)14(18)10-11-9-12(16)5-6-13(11)17/h5-6,9,14,18H,2-4,7-8,10H2,1H3. The molecule has 0 aliphatic heterocycles. The third-order valence-electron chi connectivity index (χ3n) is 4.13. The summed E-state index contributed by atoms with van der Waals surface area (Å²) in [7, 11) is 1.64. The highest BCUT2D eigenvalue weighted by molar-refractivity contribution is 9.10. The van der Waals surface area contributed by atoms with Crippen molar-refractivity contribution in [2.45, 2.75) is 50.2 Å². The smallest absolute Gasteiger partial charge is 0.126 e. The molecule has 1 atom stereocenters. The molecule has 19 heavy (non-hydrogen) atoms. The molecule has 1 aliphatic rings. The van der Waals surface area contributed by atoms with Crippen LogP contribution in [0, 0.1) is 5.82 Å². The number of ether oxygens (including phenoxy) is 1. The van der Waals surface area contributed by atoms with Gasteiger partial charge in [-0.3, -0.25) is 0 Å². The van der Waals surface area contributed by atoms with Gasteiger partial charge in [0.05, 0.1) is 11.7 Å². The van der Waals surface area contributed by atoms with Crippen molar-refractivity contribution in [3.63, 3.8) is 0 Å². The van der Waals surface area contributed by atoms with Crippen molar-refractivity contribution in [1.82, 2.24) is 0 Å². The second-order valence-corrected chi connectivity index (χ2v) is 6.20. The molecular weight excluding hydrogens is 311 g/mol. The maximum absolute atomic E-state index is 13.8. The zero-order valence-electron chi connectivity index (χ0n) is 11.2. The van der Waals surface area contributed by atoms with Crippen molar-refractivity contribution in [1.29, 1.82) is 0 Å². The lowest BCUT2D eigenvalue weighted by Gasteiger charge is -2.40. The molecule has 106 valence electrons. The minimum atomic E-state index is -0.665. The SMILES string of the molecule is COC1(C(O)Cc2cc(Br)ccc2F)CCCCC1. The van der Waals surface area contributed by atoms with Gasteiger partial charge >= 0.3 is 0 Å². The Labute approximate surface area is 122 Å². The van der Waals surface area contributed by atoms with Crippen molar-refractivity contribution >= 4 is 15.9 Å². The highest BCUT2D eigenvalue weighted by atomic mass is 79.9. The predicted molar refractivity (Wildman–Crippen MR) is 76.6 cm³/mol. The molecule has 0 heterocycles. The molecule has 1 unspecified atom stereocenters. The molecule has 4 heteroatoms. The molecule has 0 radical (unpaired) electrons. The van der Waals surface area contributed by atoms with Gasteiger partial charge in [-0.1, -0.05) is 35.2 Å². The maximum Gasteiger partial charge on any atom is 0.126 e. The molecule has 0 bridgehead atoms. The van der Waals surface area contributed by atoms with E-state index in [9.17, 15) is 9.50 Å². The molecule has 1 saturated carbocycles. The van der Waals surface area contributed by atoms with E-state index in [1.165, 1.54) is 12.5 Å². The van der Waals surface area contributed by atoms with Gasteiger partial charge in [0, 0.05) is 18.0 Å². The summed E-state index contributed by atoms with van der Waals surface area (Å²) in [4.78, 5) is 0. The van der Waals surface area contributed by atoms with Gasteiger partial charge in [-0.15, -0.1) is 0 Å². The summed E-state index contributed by atoms with van der Waals surface area (Å²) in [6.45, 7) is 0. The van der Waals surface area contributed by atoms with Gasteiger partial charge in [0.15, 0.2) is 0 Å². The first-order valence-electron chi connectivity index (χ1n) is 6.74. The fourth-order valence-corrected chi connectivity index (χ4v) is 3.33. The molecule has 1 aliphatic carbocycles. The molecule has 0 amide bonds. The van der Waals surface area contributed by atoms with Gasteiger partial charge in [0.25, 0.3) is 0 Å². The molecule has 2 nitrogen and oxygen atoms in total. The Morgan fingerprint density at radius 1 is 1.37 bits per heavy atom. The summed E-state index contributed by atoms with van der Waals surface area (Å²) < 4.78 is 20.2. The number of aliphatic hydroxyl groups excluding tert-OH is 1. The Kier molecular flexibility index (Phi) is 4.98. The van der Waals surface area contributed by atoms with Gasteiger partial charge in [0.1, 0.15) is 5.82 Å². The largest absolute Gasteiger partial charge is 0.390 e. The zero-order valence-corrected chi connectivity index (χ0v) is 12.7. The van der Waals surface area contributed by atoms with E-state index in [2.05, 4.69) is 15.9 Å². The number of benzene rings is 1. The first kappa shape index (κ1) is 14.9. The number of halogens is 2. The van der Waals surface area contributed by atoms with Crippen LogP contribution in [-0.2, 0) is 11.2 Å². The Balaban J connectivity index is 2.14. The normalized spacial score (nSPS) is 20.2. The minimum absolute atomic E-state index is 0.274. The Bertz CT molecular complexity index is 430. The van der Waals surface area contributed by atoms with E-state index in [4.69, 9.17) is 4.74 Å². The van der Waals surface area contributed by atoms with E-state index >= 15 is 0 Å². The van der Waals surface area contributed by atoms with E-state index in [1.54, 1.807) is 19.2 Å². The van der Waals surface area contributed by atoms with Crippen molar-refractivity contribution < 1.29 is 14.2 Å². The Morgan fingerprint density at radius 3 is 2.68 bits per heavy atom. The van der Waals surface area contributed by atoms with Crippen LogP contribution < -0.4 is 0 Å². The van der Waals surface area contributed by atoms with Crippen LogP contribution in [-0.4, -0.2) is 23.9 Å². The average molecular weight is 331 g/mol. The summed E-state index contributed by atoms with van der Waals surface area (Å²) in [5, 5.41) is 10.5. The number of rotatable bonds is 4. The van der Waals surface area contributed by atoms with Crippen LogP contribution in [0.2, 0.25) is 0 Å². The van der Waals surface area contributed by atoms with Crippen molar-refractivity contribution in [2.24, 2.45) is 0 Å². The van der Waals surface area contributed by atoms with Gasteiger partial charge < -0.3 is 9.84 Å². The fourth-order valence-electron chi connectivity index (χ4n) is 2.92. The number of aliphatic hydroxyl groups is 1. The van der Waals surface area contributed by atoms with Crippen molar-refractivity contribution in [3.05, 3.63) is 34.1 Å². The first-order valence-corrected chi connectivity index (χ1v) is 7.54. The molecule has 0 spiro atoms. The van der Waals surface area contributed by atoms with E-state index in [1.807, 2.05) is 0 Å². The highest BCUT2D eigenvalue weighted by Crippen LogP contribution is 2.35. The van der Waals surface area contributed by atoms with E-state index in [-0.39, 0.29) is 5.82 Å². The second kappa shape index (κ2) is 6.33. The summed E-state index contributed by atoms with van der Waals surface area (Å²) in [5.74, 6) is -0.274. The van der Waals surface area contributed by atoms with Crippen LogP contribution in [0.4, 0.5) is 4.39 Å². The van der Waals surface area contributed by atoms with Crippen LogP contribution in [0.5, 0.6) is 0 Å².